The van der Waals surface area contributed by atoms with Gasteiger partial charge >= 0.3 is 0 Å². The summed E-state index contributed by atoms with van der Waals surface area (Å²) >= 11 is 10.8. The highest BCUT2D eigenvalue weighted by Crippen LogP contribution is 2.25. The lowest BCUT2D eigenvalue weighted by molar-refractivity contribution is 1.44. The van der Waals surface area contributed by atoms with Crippen molar-refractivity contribution in [2.45, 2.75) is 13.8 Å². The van der Waals surface area contributed by atoms with Crippen molar-refractivity contribution in [3.63, 3.8) is 0 Å². The smallest absolute Gasteiger partial charge is 0.175 e. The van der Waals surface area contributed by atoms with Crippen LogP contribution < -0.4 is 21.3 Å². The van der Waals surface area contributed by atoms with E-state index < -0.39 is 0 Å². The van der Waals surface area contributed by atoms with Crippen LogP contribution >= 0.6 is 24.4 Å². The lowest BCUT2D eigenvalue weighted by Gasteiger charge is -2.14. The quantitative estimate of drug-likeness (QED) is 0.155. The summed E-state index contributed by atoms with van der Waals surface area (Å²) < 4.78 is 0. The van der Waals surface area contributed by atoms with Gasteiger partial charge in [0.15, 0.2) is 10.2 Å². The molecular formula is C36H32N4S2. The van der Waals surface area contributed by atoms with E-state index in [1.807, 2.05) is 84.9 Å². The predicted octanol–water partition coefficient (Wildman–Crippen LogP) is 9.91. The minimum atomic E-state index is 0.586. The van der Waals surface area contributed by atoms with Crippen LogP contribution in [0.3, 0.4) is 0 Å². The summed E-state index contributed by atoms with van der Waals surface area (Å²) in [5.74, 6) is 0. The first-order valence-electron chi connectivity index (χ1n) is 13.7. The van der Waals surface area contributed by atoms with Gasteiger partial charge in [-0.05, 0) is 84.4 Å². The molecule has 0 heterocycles. The number of nitrogens with one attached hydrogen (secondary N) is 4. The first-order chi connectivity index (χ1) is 20.5. The summed E-state index contributed by atoms with van der Waals surface area (Å²) in [7, 11) is 0. The minimum absolute atomic E-state index is 0.586. The third-order valence-electron chi connectivity index (χ3n) is 6.86. The van der Waals surface area contributed by atoms with E-state index in [0.717, 1.165) is 33.5 Å². The fourth-order valence-corrected chi connectivity index (χ4v) is 5.09. The van der Waals surface area contributed by atoms with Gasteiger partial charge in [0.25, 0.3) is 0 Å². The molecule has 0 fully saturated rings. The predicted molar refractivity (Wildman–Crippen MR) is 190 cm³/mol. The maximum absolute atomic E-state index is 5.52. The zero-order chi connectivity index (χ0) is 29.3. The maximum atomic E-state index is 5.52. The highest BCUT2D eigenvalue weighted by molar-refractivity contribution is 7.81. The highest BCUT2D eigenvalue weighted by atomic mass is 32.1. The summed E-state index contributed by atoms with van der Waals surface area (Å²) in [6.45, 7) is 4.11. The van der Waals surface area contributed by atoms with Crippen molar-refractivity contribution in [3.8, 4) is 0 Å². The maximum Gasteiger partial charge on any atom is 0.175 e. The number of aryl methyl sites for hydroxylation is 2. The Bertz CT molecular complexity index is 1720. The van der Waals surface area contributed by atoms with Crippen LogP contribution in [0.2, 0.25) is 0 Å². The van der Waals surface area contributed by atoms with E-state index in [1.165, 1.54) is 21.9 Å². The molecule has 0 aliphatic rings. The number of hydrogen-bond donors (Lipinski definition) is 4. The van der Waals surface area contributed by atoms with E-state index in [2.05, 4.69) is 83.6 Å². The monoisotopic (exact) mass is 584 g/mol. The summed E-state index contributed by atoms with van der Waals surface area (Å²) in [5, 5.41) is 18.9. The second-order valence-corrected chi connectivity index (χ2v) is 10.7. The van der Waals surface area contributed by atoms with Gasteiger partial charge in [0.2, 0.25) is 0 Å². The zero-order valence-electron chi connectivity index (χ0n) is 23.5. The number of para-hydroxylation sites is 2. The number of hydrogen-bond acceptors (Lipinski definition) is 2. The Balaban J connectivity index is 0.000000176. The van der Waals surface area contributed by atoms with Gasteiger partial charge in [-0.15, -0.1) is 0 Å². The molecular weight excluding hydrogens is 553 g/mol. The van der Waals surface area contributed by atoms with Crippen LogP contribution in [0.5, 0.6) is 0 Å². The van der Waals surface area contributed by atoms with Gasteiger partial charge in [0.1, 0.15) is 0 Å². The molecule has 6 heteroatoms. The largest absolute Gasteiger partial charge is 0.332 e. The molecule has 6 aromatic carbocycles. The lowest BCUT2D eigenvalue weighted by atomic mass is 10.1. The molecule has 42 heavy (non-hydrogen) atoms. The lowest BCUT2D eigenvalue weighted by Crippen LogP contribution is -2.20. The molecule has 208 valence electrons. The molecule has 0 saturated heterocycles. The first-order valence-corrected chi connectivity index (χ1v) is 14.5. The molecule has 0 amide bonds. The summed E-state index contributed by atoms with van der Waals surface area (Å²) in [6, 6.07) is 45.0. The molecule has 0 aromatic heterocycles. The standard InChI is InChI=1S/C21H16N2S.C15H16N2S/c24-21(22-19-13-5-9-15-7-1-3-11-17(15)19)23-20-14-6-10-16-8-2-4-12-18(16)20;1-11-7-3-5-9-13(11)16-15(18)17-14-10-6-4-8-12(14)2/h1-14H,(H2,22,23,24);3-10H,1-2H3,(H2,16,17,18). The second kappa shape index (κ2) is 13.7. The normalized spacial score (nSPS) is 10.3. The first kappa shape index (κ1) is 28.7. The Labute approximate surface area is 257 Å². The van der Waals surface area contributed by atoms with Crippen molar-refractivity contribution in [2.24, 2.45) is 0 Å². The number of thiocarbonyl (C=S) groups is 2. The van der Waals surface area contributed by atoms with E-state index in [-0.39, 0.29) is 0 Å². The molecule has 0 spiro atoms. The van der Waals surface area contributed by atoms with E-state index in [4.69, 9.17) is 24.4 Å². The summed E-state index contributed by atoms with van der Waals surface area (Å²) in [6.07, 6.45) is 0. The SMILES string of the molecule is Cc1ccccc1NC(=S)Nc1ccccc1C.S=C(Nc1cccc2ccccc12)Nc1cccc2ccccc12. The third kappa shape index (κ3) is 7.29. The number of benzene rings is 6. The van der Waals surface area contributed by atoms with Crippen LogP contribution in [0, 0.1) is 13.8 Å². The summed E-state index contributed by atoms with van der Waals surface area (Å²) in [4.78, 5) is 0. The van der Waals surface area contributed by atoms with Crippen molar-refractivity contribution in [3.05, 3.63) is 145 Å². The van der Waals surface area contributed by atoms with Crippen LogP contribution in [-0.2, 0) is 0 Å². The van der Waals surface area contributed by atoms with Gasteiger partial charge in [-0.1, -0.05) is 109 Å². The molecule has 0 aliphatic heterocycles. The zero-order valence-corrected chi connectivity index (χ0v) is 25.2. The third-order valence-corrected chi connectivity index (χ3v) is 7.27. The van der Waals surface area contributed by atoms with Crippen LogP contribution in [-0.4, -0.2) is 10.2 Å². The molecule has 4 N–H and O–H groups in total. The van der Waals surface area contributed by atoms with Crippen molar-refractivity contribution < 1.29 is 0 Å². The molecule has 0 radical (unpaired) electrons. The molecule has 0 bridgehead atoms. The van der Waals surface area contributed by atoms with E-state index >= 15 is 0 Å². The molecule has 0 unspecified atom stereocenters. The Morgan fingerprint density at radius 1 is 0.381 bits per heavy atom. The Morgan fingerprint density at radius 2 is 0.690 bits per heavy atom. The van der Waals surface area contributed by atoms with Crippen molar-refractivity contribution in [1.82, 2.24) is 0 Å². The molecule has 0 saturated carbocycles. The summed E-state index contributed by atoms with van der Waals surface area (Å²) in [5.41, 5.74) is 6.42. The molecule has 0 atom stereocenters. The van der Waals surface area contributed by atoms with Crippen LogP contribution in [0.4, 0.5) is 22.7 Å². The van der Waals surface area contributed by atoms with Crippen molar-refractivity contribution in [2.75, 3.05) is 21.3 Å². The van der Waals surface area contributed by atoms with Gasteiger partial charge in [0, 0.05) is 33.5 Å². The Hall–Kier alpha value is -4.78. The molecule has 6 rings (SSSR count). The molecule has 0 aliphatic carbocycles. The fourth-order valence-electron chi connectivity index (χ4n) is 4.65. The van der Waals surface area contributed by atoms with E-state index in [1.54, 1.807) is 0 Å². The molecule has 6 aromatic rings. The number of fused-ring (bicyclic) bond motifs is 2. The van der Waals surface area contributed by atoms with Gasteiger partial charge in [-0.2, -0.15) is 0 Å². The van der Waals surface area contributed by atoms with Gasteiger partial charge in [-0.3, -0.25) is 0 Å². The van der Waals surface area contributed by atoms with Gasteiger partial charge in [-0.25, -0.2) is 0 Å². The Kier molecular flexibility index (Phi) is 9.39. The van der Waals surface area contributed by atoms with E-state index in [0.29, 0.717) is 10.2 Å². The van der Waals surface area contributed by atoms with Crippen LogP contribution in [0.15, 0.2) is 133 Å². The van der Waals surface area contributed by atoms with E-state index in [9.17, 15) is 0 Å². The Morgan fingerprint density at radius 3 is 1.12 bits per heavy atom. The van der Waals surface area contributed by atoms with Crippen LogP contribution in [0.1, 0.15) is 11.1 Å². The second-order valence-electron chi connectivity index (χ2n) is 9.84. The fraction of sp³-hybridized carbons (Fsp3) is 0.0556. The average Bonchev–Trinajstić information content (AvgIpc) is 3.00. The number of anilines is 4. The average molecular weight is 585 g/mol. The molecule has 4 nitrogen and oxygen atoms in total. The van der Waals surface area contributed by atoms with Crippen LogP contribution in [0.25, 0.3) is 21.5 Å². The van der Waals surface area contributed by atoms with Crippen molar-refractivity contribution in [1.29, 1.82) is 0 Å². The topological polar surface area (TPSA) is 48.1 Å². The van der Waals surface area contributed by atoms with Crippen molar-refractivity contribution >= 4 is 79.0 Å². The van der Waals surface area contributed by atoms with Gasteiger partial charge < -0.3 is 21.3 Å². The van der Waals surface area contributed by atoms with Gasteiger partial charge in [0.05, 0.1) is 0 Å². The number of rotatable bonds is 4. The highest BCUT2D eigenvalue weighted by Gasteiger charge is 2.06. The minimum Gasteiger partial charge on any atom is -0.332 e.